The number of carbonyl (C=O) groups excluding carboxylic acids is 3. The summed E-state index contributed by atoms with van der Waals surface area (Å²) in [6, 6.07) is 10.8. The van der Waals surface area contributed by atoms with Crippen LogP contribution in [-0.4, -0.2) is 17.5 Å². The summed E-state index contributed by atoms with van der Waals surface area (Å²) in [4.78, 5) is 34.8. The summed E-state index contributed by atoms with van der Waals surface area (Å²) in [5.74, 6) is -0.500. The van der Waals surface area contributed by atoms with Gasteiger partial charge in [0.15, 0.2) is 17.7 Å². The van der Waals surface area contributed by atoms with Gasteiger partial charge >= 0.3 is 5.97 Å². The first-order valence-electron chi connectivity index (χ1n) is 7.36. The van der Waals surface area contributed by atoms with Crippen LogP contribution in [0.3, 0.4) is 0 Å². The summed E-state index contributed by atoms with van der Waals surface area (Å²) in [7, 11) is 0. The Morgan fingerprint density at radius 3 is 1.57 bits per heavy atom. The lowest BCUT2D eigenvalue weighted by molar-refractivity contribution is -0.144. The zero-order valence-corrected chi connectivity index (χ0v) is 13.2. The predicted molar refractivity (Wildman–Crippen MR) is 85.5 cm³/mol. The van der Waals surface area contributed by atoms with Crippen LogP contribution in [0.2, 0.25) is 0 Å². The van der Waals surface area contributed by atoms with Gasteiger partial charge in [-0.05, 0) is 37.1 Å². The third-order valence-corrected chi connectivity index (χ3v) is 4.06. The molecular weight excluding hydrogens is 292 g/mol. The molecule has 0 aromatic heterocycles. The zero-order chi connectivity index (χ0) is 16.7. The lowest BCUT2D eigenvalue weighted by atomic mass is 10.0. The van der Waals surface area contributed by atoms with Gasteiger partial charge in [0.25, 0.3) is 0 Å². The molecule has 0 atom stereocenters. The van der Waals surface area contributed by atoms with Crippen LogP contribution in [-0.2, 0) is 9.53 Å². The molecule has 1 aliphatic carbocycles. The minimum absolute atomic E-state index is 0.0465. The highest BCUT2D eigenvalue weighted by molar-refractivity contribution is 5.97. The third kappa shape index (κ3) is 2.57. The van der Waals surface area contributed by atoms with Gasteiger partial charge in [-0.25, -0.2) is 0 Å². The maximum atomic E-state index is 11.6. The fourth-order valence-corrected chi connectivity index (χ4v) is 2.95. The molecule has 116 valence electrons. The van der Waals surface area contributed by atoms with Crippen LogP contribution in [0.4, 0.5) is 0 Å². The molecule has 0 heterocycles. The van der Waals surface area contributed by atoms with Crippen molar-refractivity contribution in [3.63, 3.8) is 0 Å². The minimum Gasteiger partial charge on any atom is -0.453 e. The fourth-order valence-electron chi connectivity index (χ4n) is 2.95. The molecule has 0 saturated heterocycles. The molecule has 4 heteroatoms. The zero-order valence-electron chi connectivity index (χ0n) is 13.2. The van der Waals surface area contributed by atoms with Crippen molar-refractivity contribution in [1.82, 2.24) is 0 Å². The summed E-state index contributed by atoms with van der Waals surface area (Å²) in [5.41, 5.74) is 4.55. The van der Waals surface area contributed by atoms with Crippen molar-refractivity contribution in [2.75, 3.05) is 0 Å². The molecule has 3 rings (SSSR count). The molecular formula is C19H16O4. The molecule has 2 aromatic rings. The summed E-state index contributed by atoms with van der Waals surface area (Å²) in [6.45, 7) is 4.35. The monoisotopic (exact) mass is 308 g/mol. The maximum Gasteiger partial charge on any atom is 0.303 e. The van der Waals surface area contributed by atoms with E-state index in [1.165, 1.54) is 20.8 Å². The first-order chi connectivity index (χ1) is 10.9. The Morgan fingerprint density at radius 2 is 1.22 bits per heavy atom. The Hall–Kier alpha value is -2.75. The molecule has 0 unspecified atom stereocenters. The number of Topliss-reactive ketones (excluding diaryl/α,β-unsaturated/α-hetero) is 2. The molecule has 0 amide bonds. The van der Waals surface area contributed by atoms with Crippen molar-refractivity contribution in [1.29, 1.82) is 0 Å². The summed E-state index contributed by atoms with van der Waals surface area (Å²) >= 11 is 0. The van der Waals surface area contributed by atoms with Gasteiger partial charge in [-0.2, -0.15) is 0 Å². The summed E-state index contributed by atoms with van der Waals surface area (Å²) < 4.78 is 5.47. The van der Waals surface area contributed by atoms with E-state index in [0.29, 0.717) is 11.1 Å². The van der Waals surface area contributed by atoms with Gasteiger partial charge in [0.1, 0.15) is 0 Å². The summed E-state index contributed by atoms with van der Waals surface area (Å²) in [6.07, 6.45) is -0.587. The Balaban J connectivity index is 2.21. The van der Waals surface area contributed by atoms with Crippen LogP contribution in [0.15, 0.2) is 36.4 Å². The van der Waals surface area contributed by atoms with Crippen molar-refractivity contribution in [3.05, 3.63) is 58.7 Å². The predicted octanol–water partition coefficient (Wildman–Crippen LogP) is 3.72. The number of ether oxygens (including phenoxy) is 1. The number of hydrogen-bond acceptors (Lipinski definition) is 4. The van der Waals surface area contributed by atoms with E-state index < -0.39 is 12.1 Å². The second-order valence-corrected chi connectivity index (χ2v) is 5.71. The van der Waals surface area contributed by atoms with E-state index in [9.17, 15) is 14.4 Å². The van der Waals surface area contributed by atoms with Gasteiger partial charge in [-0.1, -0.05) is 24.3 Å². The molecule has 2 aromatic carbocycles. The number of hydrogen-bond donors (Lipinski definition) is 0. The number of esters is 1. The van der Waals surface area contributed by atoms with Crippen LogP contribution in [0.1, 0.15) is 58.7 Å². The van der Waals surface area contributed by atoms with E-state index in [1.54, 1.807) is 24.3 Å². The lowest BCUT2D eigenvalue weighted by Crippen LogP contribution is -2.08. The van der Waals surface area contributed by atoms with Crippen LogP contribution >= 0.6 is 0 Å². The largest absolute Gasteiger partial charge is 0.453 e. The van der Waals surface area contributed by atoms with Gasteiger partial charge in [-0.15, -0.1) is 0 Å². The molecule has 0 spiro atoms. The maximum absolute atomic E-state index is 11.6. The van der Waals surface area contributed by atoms with Crippen molar-refractivity contribution >= 4 is 17.5 Å². The van der Waals surface area contributed by atoms with E-state index in [4.69, 9.17) is 4.74 Å². The van der Waals surface area contributed by atoms with Gasteiger partial charge < -0.3 is 4.74 Å². The second kappa shape index (κ2) is 5.47. The van der Waals surface area contributed by atoms with Gasteiger partial charge in [0.2, 0.25) is 0 Å². The van der Waals surface area contributed by atoms with Crippen LogP contribution in [0.25, 0.3) is 11.1 Å². The minimum atomic E-state index is -0.587. The van der Waals surface area contributed by atoms with Crippen LogP contribution in [0, 0.1) is 0 Å². The molecule has 4 nitrogen and oxygen atoms in total. The summed E-state index contributed by atoms with van der Waals surface area (Å²) in [5, 5.41) is 0. The molecule has 1 aliphatic rings. The molecule has 23 heavy (non-hydrogen) atoms. The molecule has 0 aliphatic heterocycles. The highest BCUT2D eigenvalue weighted by Gasteiger charge is 2.32. The van der Waals surface area contributed by atoms with E-state index in [0.717, 1.165) is 22.3 Å². The topological polar surface area (TPSA) is 60.4 Å². The van der Waals surface area contributed by atoms with E-state index in [1.807, 2.05) is 12.1 Å². The standard InChI is InChI=1S/C19H16O4/c1-10(20)13-4-6-15-16-7-5-14(11(2)21)9-18(16)19(17(15)8-13)23-12(3)22/h4-9,19H,1-3H3. The first-order valence-corrected chi connectivity index (χ1v) is 7.36. The quantitative estimate of drug-likeness (QED) is 0.640. The SMILES string of the molecule is CC(=O)OC1c2cc(C(C)=O)ccc2-c2ccc(C(C)=O)cc21. The molecule has 0 saturated carbocycles. The fraction of sp³-hybridized carbons (Fsp3) is 0.211. The van der Waals surface area contributed by atoms with Crippen molar-refractivity contribution in [2.24, 2.45) is 0 Å². The van der Waals surface area contributed by atoms with Gasteiger partial charge in [-0.3, -0.25) is 14.4 Å². The number of carbonyl (C=O) groups is 3. The van der Waals surface area contributed by atoms with Crippen LogP contribution in [0.5, 0.6) is 0 Å². The Bertz CT molecular complexity index is 785. The first kappa shape index (κ1) is 15.2. The van der Waals surface area contributed by atoms with Crippen molar-refractivity contribution in [3.8, 4) is 11.1 Å². The van der Waals surface area contributed by atoms with Gasteiger partial charge in [0.05, 0.1) is 0 Å². The Kier molecular flexibility index (Phi) is 3.60. The lowest BCUT2D eigenvalue weighted by Gasteiger charge is -2.14. The second-order valence-electron chi connectivity index (χ2n) is 5.71. The highest BCUT2D eigenvalue weighted by Crippen LogP contribution is 2.46. The molecule has 0 N–H and O–H groups in total. The number of fused-ring (bicyclic) bond motifs is 3. The molecule has 0 radical (unpaired) electrons. The Labute approximate surface area is 134 Å². The number of benzene rings is 2. The van der Waals surface area contributed by atoms with Gasteiger partial charge in [0, 0.05) is 29.2 Å². The number of ketones is 2. The van der Waals surface area contributed by atoms with Crippen molar-refractivity contribution in [2.45, 2.75) is 26.9 Å². The smallest absolute Gasteiger partial charge is 0.303 e. The molecule has 0 fully saturated rings. The normalized spacial score (nSPS) is 12.5. The van der Waals surface area contributed by atoms with E-state index in [-0.39, 0.29) is 11.6 Å². The third-order valence-electron chi connectivity index (χ3n) is 4.06. The van der Waals surface area contributed by atoms with E-state index in [2.05, 4.69) is 0 Å². The highest BCUT2D eigenvalue weighted by atomic mass is 16.5. The van der Waals surface area contributed by atoms with Crippen LogP contribution < -0.4 is 0 Å². The molecule has 0 bridgehead atoms. The van der Waals surface area contributed by atoms with E-state index >= 15 is 0 Å². The number of rotatable bonds is 3. The Morgan fingerprint density at radius 1 is 0.783 bits per heavy atom. The average Bonchev–Trinajstić information content (AvgIpc) is 2.79. The van der Waals surface area contributed by atoms with Crippen molar-refractivity contribution < 1.29 is 19.1 Å². The average molecular weight is 308 g/mol.